The molecule has 5 rings (SSSR count). The van der Waals surface area contributed by atoms with Crippen molar-refractivity contribution in [3.05, 3.63) is 108 Å². The lowest BCUT2D eigenvalue weighted by Crippen LogP contribution is -2.47. The van der Waals surface area contributed by atoms with Gasteiger partial charge in [0.2, 0.25) is 0 Å². The van der Waals surface area contributed by atoms with E-state index in [4.69, 9.17) is 14.2 Å². The number of rotatable bonds is 10. The zero-order valence-electron chi connectivity index (χ0n) is 20.6. The molecule has 2 aliphatic heterocycles. The molecule has 0 spiro atoms. The lowest BCUT2D eigenvalue weighted by atomic mass is 9.99. The van der Waals surface area contributed by atoms with Crippen LogP contribution in [0.25, 0.3) is 0 Å². The van der Waals surface area contributed by atoms with Crippen molar-refractivity contribution in [3.63, 3.8) is 0 Å². The Morgan fingerprint density at radius 2 is 1.11 bits per heavy atom. The summed E-state index contributed by atoms with van der Waals surface area (Å²) in [6.07, 6.45) is -2.54. The van der Waals surface area contributed by atoms with Crippen LogP contribution in [0.2, 0.25) is 0 Å². The fourth-order valence-corrected chi connectivity index (χ4v) is 5.57. The normalized spacial score (nSPS) is 29.9. The van der Waals surface area contributed by atoms with E-state index in [0.29, 0.717) is 26.4 Å². The van der Waals surface area contributed by atoms with Crippen molar-refractivity contribution in [2.75, 3.05) is 6.61 Å². The van der Waals surface area contributed by atoms with Gasteiger partial charge in [-0.05, 0) is 23.6 Å². The van der Waals surface area contributed by atoms with Crippen LogP contribution in [0.1, 0.15) is 23.6 Å². The molecule has 0 unspecified atom stereocenters. The molecule has 0 aliphatic carbocycles. The summed E-state index contributed by atoms with van der Waals surface area (Å²) in [6, 6.07) is 29.3. The van der Waals surface area contributed by atoms with E-state index in [0.717, 1.165) is 16.7 Å². The standard InChI is InChI=1S/C30H35NO5/c1-21-27(32)28(33)26-30(36-19-24-15-9-4-10-16-24)29(35-18-23-13-7-3-8-14-23)25(31(21)26)20-34-17-22-11-5-2-6-12-22/h2-16,21,25-30,32-33H,17-20H2,1H3/t21-,25+,26+,27-,28-,29+,30+/m1/s1. The highest BCUT2D eigenvalue weighted by molar-refractivity contribution is 5.18. The van der Waals surface area contributed by atoms with Crippen LogP contribution >= 0.6 is 0 Å². The molecule has 2 heterocycles. The van der Waals surface area contributed by atoms with Crippen molar-refractivity contribution >= 4 is 0 Å². The number of fused-ring (bicyclic) bond motifs is 1. The highest BCUT2D eigenvalue weighted by atomic mass is 16.5. The van der Waals surface area contributed by atoms with Crippen LogP contribution in [-0.2, 0) is 34.0 Å². The smallest absolute Gasteiger partial charge is 0.104 e. The summed E-state index contributed by atoms with van der Waals surface area (Å²) in [7, 11) is 0. The van der Waals surface area contributed by atoms with Crippen LogP contribution < -0.4 is 0 Å². The van der Waals surface area contributed by atoms with Gasteiger partial charge < -0.3 is 24.4 Å². The topological polar surface area (TPSA) is 71.4 Å². The molecule has 3 aromatic rings. The summed E-state index contributed by atoms with van der Waals surface area (Å²) >= 11 is 0. The first kappa shape index (κ1) is 25.1. The Labute approximate surface area is 213 Å². The molecule has 6 heteroatoms. The Morgan fingerprint density at radius 1 is 0.639 bits per heavy atom. The molecule has 36 heavy (non-hydrogen) atoms. The van der Waals surface area contributed by atoms with E-state index in [1.165, 1.54) is 0 Å². The molecule has 2 saturated heterocycles. The van der Waals surface area contributed by atoms with Crippen LogP contribution in [0.3, 0.4) is 0 Å². The van der Waals surface area contributed by atoms with Gasteiger partial charge in [-0.25, -0.2) is 0 Å². The minimum absolute atomic E-state index is 0.176. The molecule has 0 bridgehead atoms. The van der Waals surface area contributed by atoms with Crippen molar-refractivity contribution in [1.29, 1.82) is 0 Å². The summed E-state index contributed by atoms with van der Waals surface area (Å²) in [5, 5.41) is 21.8. The maximum absolute atomic E-state index is 11.1. The molecular formula is C30H35NO5. The van der Waals surface area contributed by atoms with Crippen LogP contribution in [0.15, 0.2) is 91.0 Å². The van der Waals surface area contributed by atoms with Crippen molar-refractivity contribution < 1.29 is 24.4 Å². The first-order chi connectivity index (χ1) is 17.6. The first-order valence-corrected chi connectivity index (χ1v) is 12.7. The molecule has 3 aromatic carbocycles. The number of nitrogens with zero attached hydrogens (tertiary/aromatic N) is 1. The second kappa shape index (κ2) is 11.6. The van der Waals surface area contributed by atoms with Gasteiger partial charge in [-0.3, -0.25) is 4.90 Å². The van der Waals surface area contributed by atoms with Gasteiger partial charge >= 0.3 is 0 Å². The average molecular weight is 490 g/mol. The highest BCUT2D eigenvalue weighted by Crippen LogP contribution is 2.41. The molecule has 2 N–H and O–H groups in total. The number of aliphatic hydroxyl groups excluding tert-OH is 2. The predicted molar refractivity (Wildman–Crippen MR) is 137 cm³/mol. The van der Waals surface area contributed by atoms with Gasteiger partial charge in [0.15, 0.2) is 0 Å². The van der Waals surface area contributed by atoms with Crippen LogP contribution in [0.4, 0.5) is 0 Å². The van der Waals surface area contributed by atoms with E-state index in [2.05, 4.69) is 4.90 Å². The van der Waals surface area contributed by atoms with Crippen molar-refractivity contribution in [2.24, 2.45) is 0 Å². The third-order valence-electron chi connectivity index (χ3n) is 7.40. The lowest BCUT2D eigenvalue weighted by Gasteiger charge is -2.31. The van der Waals surface area contributed by atoms with Crippen LogP contribution in [0.5, 0.6) is 0 Å². The predicted octanol–water partition coefficient (Wildman–Crippen LogP) is 3.55. The Hall–Kier alpha value is -2.58. The van der Waals surface area contributed by atoms with Crippen LogP contribution in [-0.4, -0.2) is 64.3 Å². The SMILES string of the molecule is C[C@@H]1[C@@H](O)[C@H](O)[C@H]2[C@H](OCc3ccccc3)[C@@H](OCc3ccccc3)[C@H](COCc3ccccc3)N21. The minimum atomic E-state index is -0.928. The second-order valence-corrected chi connectivity index (χ2v) is 9.75. The number of ether oxygens (including phenoxy) is 3. The molecule has 0 aromatic heterocycles. The Balaban J connectivity index is 1.38. The second-order valence-electron chi connectivity index (χ2n) is 9.75. The van der Waals surface area contributed by atoms with Gasteiger partial charge in [0.25, 0.3) is 0 Å². The molecule has 190 valence electrons. The number of hydrogen-bond donors (Lipinski definition) is 2. The molecule has 6 nitrogen and oxygen atoms in total. The highest BCUT2D eigenvalue weighted by Gasteiger charge is 2.61. The minimum Gasteiger partial charge on any atom is -0.389 e. The molecule has 2 aliphatic rings. The summed E-state index contributed by atoms with van der Waals surface area (Å²) in [4.78, 5) is 2.16. The van der Waals surface area contributed by atoms with Crippen molar-refractivity contribution in [2.45, 2.75) is 69.3 Å². The quantitative estimate of drug-likeness (QED) is 0.454. The third-order valence-corrected chi connectivity index (χ3v) is 7.40. The molecule has 0 amide bonds. The van der Waals surface area contributed by atoms with Gasteiger partial charge in [-0.15, -0.1) is 0 Å². The Bertz CT molecular complexity index is 1070. The fraction of sp³-hybridized carbons (Fsp3) is 0.400. The van der Waals surface area contributed by atoms with Gasteiger partial charge in [-0.1, -0.05) is 91.0 Å². The third kappa shape index (κ3) is 5.39. The molecule has 7 atom stereocenters. The zero-order chi connectivity index (χ0) is 24.9. The van der Waals surface area contributed by atoms with Gasteiger partial charge in [0, 0.05) is 6.04 Å². The van der Waals surface area contributed by atoms with E-state index in [9.17, 15) is 10.2 Å². The van der Waals surface area contributed by atoms with Crippen LogP contribution in [0, 0.1) is 0 Å². The molecular weight excluding hydrogens is 454 g/mol. The lowest BCUT2D eigenvalue weighted by molar-refractivity contribution is -0.104. The number of benzene rings is 3. The van der Waals surface area contributed by atoms with E-state index in [1.54, 1.807) is 0 Å². The molecule has 2 fully saturated rings. The summed E-state index contributed by atoms with van der Waals surface area (Å²) < 4.78 is 19.2. The largest absolute Gasteiger partial charge is 0.389 e. The van der Waals surface area contributed by atoms with E-state index < -0.39 is 18.3 Å². The molecule has 0 radical (unpaired) electrons. The number of aliphatic hydroxyl groups is 2. The van der Waals surface area contributed by atoms with E-state index in [1.807, 2.05) is 97.9 Å². The Morgan fingerprint density at radius 3 is 1.64 bits per heavy atom. The van der Waals surface area contributed by atoms with Gasteiger partial charge in [-0.2, -0.15) is 0 Å². The molecule has 0 saturated carbocycles. The fourth-order valence-electron chi connectivity index (χ4n) is 5.57. The monoisotopic (exact) mass is 489 g/mol. The maximum atomic E-state index is 11.1. The Kier molecular flexibility index (Phi) is 8.12. The first-order valence-electron chi connectivity index (χ1n) is 12.7. The zero-order valence-corrected chi connectivity index (χ0v) is 20.6. The summed E-state index contributed by atoms with van der Waals surface area (Å²) in [6.45, 7) is 3.66. The van der Waals surface area contributed by atoms with Crippen molar-refractivity contribution in [3.8, 4) is 0 Å². The average Bonchev–Trinajstić information content (AvgIpc) is 3.35. The van der Waals surface area contributed by atoms with E-state index >= 15 is 0 Å². The summed E-state index contributed by atoms with van der Waals surface area (Å²) in [5.74, 6) is 0. The van der Waals surface area contributed by atoms with E-state index in [-0.39, 0.29) is 24.2 Å². The maximum Gasteiger partial charge on any atom is 0.104 e. The summed E-state index contributed by atoms with van der Waals surface area (Å²) in [5.41, 5.74) is 3.22. The van der Waals surface area contributed by atoms with Gasteiger partial charge in [0.05, 0.1) is 50.7 Å². The number of hydrogen-bond acceptors (Lipinski definition) is 6. The van der Waals surface area contributed by atoms with Gasteiger partial charge in [0.1, 0.15) is 12.2 Å². The van der Waals surface area contributed by atoms with Crippen molar-refractivity contribution in [1.82, 2.24) is 4.90 Å².